The van der Waals surface area contributed by atoms with E-state index < -0.39 is 0 Å². The molecular formula is C12H15BrO3. The standard InChI is InChI=1S/C12H15BrO3/c1-3-16-12(14)8-11(15-2)9-4-6-10(13)7-5-9/h4-7,11H,3,8H2,1-2H3. The Morgan fingerprint density at radius 3 is 2.50 bits per heavy atom. The lowest BCUT2D eigenvalue weighted by Crippen LogP contribution is -2.11. The lowest BCUT2D eigenvalue weighted by molar-refractivity contribution is -0.146. The number of esters is 1. The largest absolute Gasteiger partial charge is 0.466 e. The first-order chi connectivity index (χ1) is 7.67. The van der Waals surface area contributed by atoms with E-state index in [-0.39, 0.29) is 18.5 Å². The van der Waals surface area contributed by atoms with Crippen molar-refractivity contribution in [3.63, 3.8) is 0 Å². The number of hydrogen-bond acceptors (Lipinski definition) is 3. The normalized spacial score (nSPS) is 12.2. The first kappa shape index (κ1) is 13.2. The van der Waals surface area contributed by atoms with E-state index >= 15 is 0 Å². The fourth-order valence-electron chi connectivity index (χ4n) is 1.39. The number of methoxy groups -OCH3 is 1. The molecule has 1 aromatic rings. The molecule has 0 saturated heterocycles. The summed E-state index contributed by atoms with van der Waals surface area (Å²) in [7, 11) is 1.59. The van der Waals surface area contributed by atoms with Gasteiger partial charge in [-0.15, -0.1) is 0 Å². The maximum absolute atomic E-state index is 11.3. The van der Waals surface area contributed by atoms with Gasteiger partial charge >= 0.3 is 5.97 Å². The van der Waals surface area contributed by atoms with Gasteiger partial charge in [0.15, 0.2) is 0 Å². The Morgan fingerprint density at radius 2 is 2.00 bits per heavy atom. The molecule has 0 aliphatic carbocycles. The minimum Gasteiger partial charge on any atom is -0.466 e. The number of hydrogen-bond donors (Lipinski definition) is 0. The van der Waals surface area contributed by atoms with Crippen molar-refractivity contribution in [1.82, 2.24) is 0 Å². The lowest BCUT2D eigenvalue weighted by atomic mass is 10.1. The molecule has 0 aromatic heterocycles. The van der Waals surface area contributed by atoms with Crippen molar-refractivity contribution in [3.05, 3.63) is 34.3 Å². The Morgan fingerprint density at radius 1 is 1.38 bits per heavy atom. The Bertz CT molecular complexity index is 335. The maximum atomic E-state index is 11.3. The molecule has 0 fully saturated rings. The predicted octanol–water partition coefficient (Wildman–Crippen LogP) is 3.09. The summed E-state index contributed by atoms with van der Waals surface area (Å²) in [6, 6.07) is 7.70. The highest BCUT2D eigenvalue weighted by Gasteiger charge is 2.15. The molecule has 0 N–H and O–H groups in total. The molecule has 0 aliphatic heterocycles. The van der Waals surface area contributed by atoms with Crippen LogP contribution in [0.15, 0.2) is 28.7 Å². The van der Waals surface area contributed by atoms with Crippen LogP contribution in [0, 0.1) is 0 Å². The second-order valence-electron chi connectivity index (χ2n) is 3.29. The Balaban J connectivity index is 2.67. The highest BCUT2D eigenvalue weighted by Crippen LogP contribution is 2.22. The van der Waals surface area contributed by atoms with Gasteiger partial charge in [0.05, 0.1) is 19.1 Å². The third kappa shape index (κ3) is 3.94. The summed E-state index contributed by atoms with van der Waals surface area (Å²) in [5.74, 6) is -0.239. The number of ether oxygens (including phenoxy) is 2. The molecule has 88 valence electrons. The zero-order chi connectivity index (χ0) is 12.0. The second kappa shape index (κ2) is 6.66. The Kier molecular flexibility index (Phi) is 5.49. The van der Waals surface area contributed by atoms with Gasteiger partial charge in [0.25, 0.3) is 0 Å². The number of rotatable bonds is 5. The fourth-order valence-corrected chi connectivity index (χ4v) is 1.65. The van der Waals surface area contributed by atoms with Gasteiger partial charge in [-0.3, -0.25) is 4.79 Å². The van der Waals surface area contributed by atoms with Gasteiger partial charge in [-0.2, -0.15) is 0 Å². The van der Waals surface area contributed by atoms with Gasteiger partial charge < -0.3 is 9.47 Å². The fraction of sp³-hybridized carbons (Fsp3) is 0.417. The monoisotopic (exact) mass is 286 g/mol. The van der Waals surface area contributed by atoms with Crippen LogP contribution in [-0.2, 0) is 14.3 Å². The second-order valence-corrected chi connectivity index (χ2v) is 4.20. The SMILES string of the molecule is CCOC(=O)CC(OC)c1ccc(Br)cc1. The van der Waals surface area contributed by atoms with Gasteiger partial charge in [-0.25, -0.2) is 0 Å². The molecular weight excluding hydrogens is 272 g/mol. The van der Waals surface area contributed by atoms with Crippen molar-refractivity contribution < 1.29 is 14.3 Å². The van der Waals surface area contributed by atoms with E-state index in [1.165, 1.54) is 0 Å². The number of carbonyl (C=O) groups is 1. The molecule has 1 atom stereocenters. The third-order valence-electron chi connectivity index (χ3n) is 2.18. The van der Waals surface area contributed by atoms with Crippen LogP contribution in [0.25, 0.3) is 0 Å². The average molecular weight is 287 g/mol. The Labute approximate surface area is 104 Å². The zero-order valence-corrected chi connectivity index (χ0v) is 11.0. The molecule has 0 bridgehead atoms. The maximum Gasteiger partial charge on any atom is 0.308 e. The van der Waals surface area contributed by atoms with Crippen LogP contribution in [0.5, 0.6) is 0 Å². The third-order valence-corrected chi connectivity index (χ3v) is 2.71. The van der Waals surface area contributed by atoms with Crippen molar-refractivity contribution in [2.75, 3.05) is 13.7 Å². The van der Waals surface area contributed by atoms with Gasteiger partial charge in [-0.1, -0.05) is 28.1 Å². The zero-order valence-electron chi connectivity index (χ0n) is 9.40. The number of carbonyl (C=O) groups excluding carboxylic acids is 1. The molecule has 1 aromatic carbocycles. The van der Waals surface area contributed by atoms with E-state index in [1.54, 1.807) is 14.0 Å². The van der Waals surface area contributed by atoms with Crippen LogP contribution in [0.3, 0.4) is 0 Å². The van der Waals surface area contributed by atoms with Gasteiger partial charge in [0, 0.05) is 11.6 Å². The highest BCUT2D eigenvalue weighted by molar-refractivity contribution is 9.10. The summed E-state index contributed by atoms with van der Waals surface area (Å²) in [5.41, 5.74) is 0.971. The summed E-state index contributed by atoms with van der Waals surface area (Å²) in [5, 5.41) is 0. The van der Waals surface area contributed by atoms with E-state index in [0.29, 0.717) is 6.61 Å². The first-order valence-corrected chi connectivity index (χ1v) is 5.90. The van der Waals surface area contributed by atoms with Crippen LogP contribution < -0.4 is 0 Å². The summed E-state index contributed by atoms with van der Waals surface area (Å²) in [6.07, 6.45) is -0.00134. The van der Waals surface area contributed by atoms with Crippen molar-refractivity contribution in [2.45, 2.75) is 19.4 Å². The van der Waals surface area contributed by atoms with Crippen LogP contribution >= 0.6 is 15.9 Å². The van der Waals surface area contributed by atoms with Gasteiger partial charge in [0.1, 0.15) is 0 Å². The highest BCUT2D eigenvalue weighted by atomic mass is 79.9. The molecule has 0 aliphatic rings. The summed E-state index contributed by atoms with van der Waals surface area (Å²) in [4.78, 5) is 11.3. The molecule has 1 unspecified atom stereocenters. The quantitative estimate of drug-likeness (QED) is 0.781. The van der Waals surface area contributed by atoms with Gasteiger partial charge in [0.2, 0.25) is 0 Å². The molecule has 4 heteroatoms. The summed E-state index contributed by atoms with van der Waals surface area (Å²) >= 11 is 3.36. The molecule has 1 rings (SSSR count). The minimum absolute atomic E-state index is 0.239. The van der Waals surface area contributed by atoms with E-state index in [0.717, 1.165) is 10.0 Å². The molecule has 0 heterocycles. The molecule has 0 amide bonds. The van der Waals surface area contributed by atoms with Gasteiger partial charge in [-0.05, 0) is 24.6 Å². The summed E-state index contributed by atoms with van der Waals surface area (Å²) < 4.78 is 11.2. The van der Waals surface area contributed by atoms with Crippen LogP contribution in [0.2, 0.25) is 0 Å². The molecule has 3 nitrogen and oxygen atoms in total. The minimum atomic E-state index is -0.243. The van der Waals surface area contributed by atoms with Crippen LogP contribution in [0.1, 0.15) is 25.0 Å². The topological polar surface area (TPSA) is 35.5 Å². The van der Waals surface area contributed by atoms with Crippen LogP contribution in [-0.4, -0.2) is 19.7 Å². The smallest absolute Gasteiger partial charge is 0.308 e. The predicted molar refractivity (Wildman–Crippen MR) is 65.1 cm³/mol. The molecule has 16 heavy (non-hydrogen) atoms. The molecule has 0 radical (unpaired) electrons. The lowest BCUT2D eigenvalue weighted by Gasteiger charge is -2.14. The first-order valence-electron chi connectivity index (χ1n) is 5.11. The van der Waals surface area contributed by atoms with E-state index in [9.17, 15) is 4.79 Å². The number of benzene rings is 1. The molecule has 0 spiro atoms. The molecule has 0 saturated carbocycles. The Hall–Kier alpha value is -0.870. The van der Waals surface area contributed by atoms with Crippen molar-refractivity contribution in [2.24, 2.45) is 0 Å². The average Bonchev–Trinajstić information content (AvgIpc) is 2.27. The van der Waals surface area contributed by atoms with E-state index in [4.69, 9.17) is 9.47 Å². The summed E-state index contributed by atoms with van der Waals surface area (Å²) in [6.45, 7) is 2.19. The van der Waals surface area contributed by atoms with Crippen molar-refractivity contribution in [3.8, 4) is 0 Å². The van der Waals surface area contributed by atoms with E-state index in [1.807, 2.05) is 24.3 Å². The van der Waals surface area contributed by atoms with Crippen LogP contribution in [0.4, 0.5) is 0 Å². The van der Waals surface area contributed by atoms with Crippen molar-refractivity contribution in [1.29, 1.82) is 0 Å². The van der Waals surface area contributed by atoms with E-state index in [2.05, 4.69) is 15.9 Å². The number of halogens is 1. The van der Waals surface area contributed by atoms with Crippen molar-refractivity contribution >= 4 is 21.9 Å².